The Bertz CT molecular complexity index is 612. The van der Waals surface area contributed by atoms with Gasteiger partial charge >= 0.3 is 6.03 Å². The highest BCUT2D eigenvalue weighted by molar-refractivity contribution is 6.18. The molecule has 0 aromatic heterocycles. The maximum atomic E-state index is 12.5. The summed E-state index contributed by atoms with van der Waals surface area (Å²) in [7, 11) is 3.23. The van der Waals surface area contributed by atoms with Crippen LogP contribution in [0.1, 0.15) is 22.3 Å². The molecule has 6 heteroatoms. The van der Waals surface area contributed by atoms with Crippen molar-refractivity contribution >= 4 is 35.1 Å². The maximum Gasteiger partial charge on any atom is 0.327 e. The van der Waals surface area contributed by atoms with E-state index < -0.39 is 5.54 Å². The van der Waals surface area contributed by atoms with Gasteiger partial charge < -0.3 is 4.90 Å². The number of amides is 3. The topological polar surface area (TPSA) is 40.6 Å². The molecule has 3 rings (SSSR count). The van der Waals surface area contributed by atoms with Gasteiger partial charge in [-0.05, 0) is 22.3 Å². The highest BCUT2D eigenvalue weighted by Crippen LogP contribution is 2.40. The van der Waals surface area contributed by atoms with Crippen LogP contribution in [-0.2, 0) is 29.4 Å². The summed E-state index contributed by atoms with van der Waals surface area (Å²) in [5.74, 6) is 0.654. The van der Waals surface area contributed by atoms with E-state index in [1.54, 1.807) is 11.9 Å². The van der Waals surface area contributed by atoms with Gasteiger partial charge in [-0.3, -0.25) is 9.69 Å². The van der Waals surface area contributed by atoms with Crippen molar-refractivity contribution in [2.75, 3.05) is 14.1 Å². The van der Waals surface area contributed by atoms with Crippen molar-refractivity contribution < 1.29 is 9.59 Å². The first-order valence-electron chi connectivity index (χ1n) is 6.76. The molecule has 1 fully saturated rings. The highest BCUT2D eigenvalue weighted by atomic mass is 35.5. The lowest BCUT2D eigenvalue weighted by Gasteiger charge is -2.27. The Morgan fingerprint density at radius 1 is 1.05 bits per heavy atom. The average Bonchev–Trinajstić information content (AvgIpc) is 2.95. The second kappa shape index (κ2) is 4.89. The Labute approximate surface area is 133 Å². The molecule has 1 aromatic rings. The molecule has 2 aliphatic rings. The van der Waals surface area contributed by atoms with Gasteiger partial charge in [0.1, 0.15) is 5.54 Å². The third-order valence-corrected chi connectivity index (χ3v) is 5.27. The van der Waals surface area contributed by atoms with E-state index in [1.165, 1.54) is 11.9 Å². The van der Waals surface area contributed by atoms with Crippen LogP contribution in [0.3, 0.4) is 0 Å². The van der Waals surface area contributed by atoms with E-state index in [9.17, 15) is 9.59 Å². The summed E-state index contributed by atoms with van der Waals surface area (Å²) in [4.78, 5) is 27.4. The molecule has 1 aromatic carbocycles. The van der Waals surface area contributed by atoms with Crippen LogP contribution in [0.5, 0.6) is 0 Å². The molecule has 1 aliphatic carbocycles. The number of rotatable bonds is 2. The number of carbonyl (C=O) groups excluding carboxylic acids is 2. The molecule has 112 valence electrons. The fourth-order valence-corrected chi connectivity index (χ4v) is 3.90. The second-order valence-electron chi connectivity index (χ2n) is 5.75. The van der Waals surface area contributed by atoms with E-state index in [1.807, 2.05) is 12.1 Å². The molecule has 0 saturated carbocycles. The van der Waals surface area contributed by atoms with E-state index in [0.717, 1.165) is 22.3 Å². The van der Waals surface area contributed by atoms with Crippen molar-refractivity contribution in [1.82, 2.24) is 9.80 Å². The molecule has 0 unspecified atom stereocenters. The third-order valence-electron chi connectivity index (χ3n) is 4.69. The van der Waals surface area contributed by atoms with Gasteiger partial charge in [-0.25, -0.2) is 4.79 Å². The monoisotopic (exact) mass is 326 g/mol. The van der Waals surface area contributed by atoms with Gasteiger partial charge in [-0.15, -0.1) is 23.2 Å². The molecule has 3 amide bonds. The van der Waals surface area contributed by atoms with Gasteiger partial charge in [0, 0.05) is 38.7 Å². The van der Waals surface area contributed by atoms with Gasteiger partial charge in [0.15, 0.2) is 0 Å². The molecule has 0 bridgehead atoms. The zero-order chi connectivity index (χ0) is 15.4. The maximum absolute atomic E-state index is 12.5. The lowest BCUT2D eigenvalue weighted by atomic mass is 9.94. The summed E-state index contributed by atoms with van der Waals surface area (Å²) < 4.78 is 0. The number of imide groups is 1. The van der Waals surface area contributed by atoms with Crippen molar-refractivity contribution in [2.24, 2.45) is 0 Å². The van der Waals surface area contributed by atoms with Crippen LogP contribution in [0.15, 0.2) is 12.1 Å². The van der Waals surface area contributed by atoms with Crippen LogP contribution in [0.2, 0.25) is 0 Å². The molecule has 0 atom stereocenters. The van der Waals surface area contributed by atoms with E-state index in [-0.39, 0.29) is 11.9 Å². The number of halogens is 2. The molecule has 0 N–H and O–H groups in total. The predicted octanol–water partition coefficient (Wildman–Crippen LogP) is 2.53. The molecular formula is C15H16Cl2N2O2. The minimum absolute atomic E-state index is 0.133. The van der Waals surface area contributed by atoms with Crippen LogP contribution in [-0.4, -0.2) is 41.4 Å². The number of hydrogen-bond donors (Lipinski definition) is 0. The summed E-state index contributed by atoms with van der Waals surface area (Å²) in [5.41, 5.74) is 3.39. The molecule has 1 saturated heterocycles. The summed E-state index contributed by atoms with van der Waals surface area (Å²) >= 11 is 11.9. The molecule has 1 spiro atoms. The number of carbonyl (C=O) groups is 2. The second-order valence-corrected chi connectivity index (χ2v) is 6.28. The summed E-state index contributed by atoms with van der Waals surface area (Å²) in [6.45, 7) is 0. The normalized spacial score (nSPS) is 19.8. The summed E-state index contributed by atoms with van der Waals surface area (Å²) in [6.07, 6.45) is 1.08. The number of alkyl halides is 2. The van der Waals surface area contributed by atoms with Crippen molar-refractivity contribution in [2.45, 2.75) is 30.1 Å². The van der Waals surface area contributed by atoms with Gasteiger partial charge in [-0.2, -0.15) is 0 Å². The molecule has 0 radical (unpaired) electrons. The van der Waals surface area contributed by atoms with Gasteiger partial charge in [0.2, 0.25) is 0 Å². The Morgan fingerprint density at radius 3 is 1.86 bits per heavy atom. The van der Waals surface area contributed by atoms with Crippen molar-refractivity contribution in [3.05, 3.63) is 34.4 Å². The minimum Gasteiger partial charge on any atom is -0.312 e. The number of likely N-dealkylation sites (N-methyl/N-ethyl adjacent to an activating group) is 2. The fraction of sp³-hybridized carbons (Fsp3) is 0.467. The standard InChI is InChI=1S/C15H16Cl2N2O2/c1-18-13(20)15(19(2)14(18)21)5-9-3-11(7-16)12(8-17)4-10(9)6-15/h3-4H,5-8H2,1-2H3. The van der Waals surface area contributed by atoms with Gasteiger partial charge in [0.05, 0.1) is 0 Å². The van der Waals surface area contributed by atoms with Crippen LogP contribution in [0.4, 0.5) is 4.79 Å². The van der Waals surface area contributed by atoms with Crippen molar-refractivity contribution in [3.8, 4) is 0 Å². The number of urea groups is 1. The Kier molecular flexibility index (Phi) is 3.41. The van der Waals surface area contributed by atoms with E-state index in [2.05, 4.69) is 0 Å². The molecule has 1 aliphatic heterocycles. The predicted molar refractivity (Wildman–Crippen MR) is 81.6 cm³/mol. The van der Waals surface area contributed by atoms with E-state index >= 15 is 0 Å². The lowest BCUT2D eigenvalue weighted by Crippen LogP contribution is -2.48. The highest BCUT2D eigenvalue weighted by Gasteiger charge is 2.57. The first-order chi connectivity index (χ1) is 9.94. The Morgan fingerprint density at radius 2 is 1.52 bits per heavy atom. The third kappa shape index (κ3) is 1.89. The van der Waals surface area contributed by atoms with E-state index in [0.29, 0.717) is 24.6 Å². The zero-order valence-electron chi connectivity index (χ0n) is 11.9. The first kappa shape index (κ1) is 14.7. The smallest absolute Gasteiger partial charge is 0.312 e. The Balaban J connectivity index is 2.05. The number of hydrogen-bond acceptors (Lipinski definition) is 2. The molecular weight excluding hydrogens is 311 g/mol. The Hall–Kier alpha value is -1.26. The quantitative estimate of drug-likeness (QED) is 0.619. The number of fused-ring (bicyclic) bond motifs is 1. The van der Waals surface area contributed by atoms with Crippen LogP contribution < -0.4 is 0 Å². The lowest BCUT2D eigenvalue weighted by molar-refractivity contribution is -0.131. The summed E-state index contributed by atoms with van der Waals surface area (Å²) in [5, 5.41) is 0. The van der Waals surface area contributed by atoms with Crippen molar-refractivity contribution in [3.63, 3.8) is 0 Å². The number of nitrogens with zero attached hydrogens (tertiary/aromatic N) is 2. The first-order valence-corrected chi connectivity index (χ1v) is 7.83. The SMILES string of the molecule is CN1C(=O)N(C)C2(Cc3cc(CCl)c(CCl)cc3C2)C1=O. The molecule has 4 nitrogen and oxygen atoms in total. The minimum atomic E-state index is -0.775. The van der Waals surface area contributed by atoms with Crippen LogP contribution in [0, 0.1) is 0 Å². The zero-order valence-corrected chi connectivity index (χ0v) is 13.5. The van der Waals surface area contributed by atoms with Crippen molar-refractivity contribution in [1.29, 1.82) is 0 Å². The van der Waals surface area contributed by atoms with Crippen LogP contribution in [0.25, 0.3) is 0 Å². The number of benzene rings is 1. The molecule has 1 heterocycles. The van der Waals surface area contributed by atoms with Gasteiger partial charge in [-0.1, -0.05) is 12.1 Å². The largest absolute Gasteiger partial charge is 0.327 e. The van der Waals surface area contributed by atoms with Gasteiger partial charge in [0.25, 0.3) is 5.91 Å². The molecule has 21 heavy (non-hydrogen) atoms. The van der Waals surface area contributed by atoms with E-state index in [4.69, 9.17) is 23.2 Å². The van der Waals surface area contributed by atoms with Crippen LogP contribution >= 0.6 is 23.2 Å². The fourth-order valence-electron chi connectivity index (χ4n) is 3.40. The average molecular weight is 327 g/mol. The summed E-state index contributed by atoms with van der Waals surface area (Å²) in [6, 6.07) is 3.81.